The molecule has 4 nitrogen and oxygen atoms in total. The van der Waals surface area contributed by atoms with E-state index >= 15 is 0 Å². The van der Waals surface area contributed by atoms with Gasteiger partial charge in [0.2, 0.25) is 10.0 Å². The van der Waals surface area contributed by atoms with Gasteiger partial charge in [0.1, 0.15) is 0 Å². The molecule has 2 rings (SSSR count). The van der Waals surface area contributed by atoms with Crippen LogP contribution in [-0.4, -0.2) is 15.5 Å². The topological polar surface area (TPSA) is 72.2 Å². The largest absolute Gasteiger partial charge is 0.398 e. The van der Waals surface area contributed by atoms with Crippen LogP contribution in [0.4, 0.5) is 5.69 Å². The van der Waals surface area contributed by atoms with E-state index in [4.69, 9.17) is 5.73 Å². The van der Waals surface area contributed by atoms with Crippen LogP contribution in [0.15, 0.2) is 57.2 Å². The Labute approximate surface area is 123 Å². The van der Waals surface area contributed by atoms with Crippen LogP contribution in [0.2, 0.25) is 0 Å². The second-order valence-electron chi connectivity index (χ2n) is 4.27. The number of sulfonamides is 1. The minimum Gasteiger partial charge on any atom is -0.398 e. The van der Waals surface area contributed by atoms with Crippen LogP contribution in [0.3, 0.4) is 0 Å². The maximum absolute atomic E-state index is 11.8. The van der Waals surface area contributed by atoms with Gasteiger partial charge in [-0.15, -0.1) is 0 Å². The Morgan fingerprint density at radius 2 is 1.80 bits per heavy atom. The molecule has 2 aromatic carbocycles. The molecule has 0 fully saturated rings. The van der Waals surface area contributed by atoms with Crippen LogP contribution in [0.5, 0.6) is 0 Å². The fourth-order valence-corrected chi connectivity index (χ4v) is 3.49. The normalized spacial score (nSPS) is 11.5. The summed E-state index contributed by atoms with van der Waals surface area (Å²) in [6.07, 6.45) is 0. The third-order valence-corrected chi connectivity index (χ3v) is 5.54. The molecule has 0 bridgehead atoms. The second kappa shape index (κ2) is 5.87. The van der Waals surface area contributed by atoms with E-state index in [0.717, 1.165) is 15.4 Å². The van der Waals surface area contributed by atoms with Gasteiger partial charge in [0, 0.05) is 15.5 Å². The first-order valence-electron chi connectivity index (χ1n) is 6.00. The van der Waals surface area contributed by atoms with Gasteiger partial charge in [-0.25, -0.2) is 13.1 Å². The monoisotopic (exact) mass is 308 g/mol. The van der Waals surface area contributed by atoms with E-state index in [-0.39, 0.29) is 4.90 Å². The molecule has 0 saturated heterocycles. The molecule has 0 heterocycles. The van der Waals surface area contributed by atoms with Crippen LogP contribution >= 0.6 is 11.8 Å². The molecule has 2 aromatic rings. The molecule has 0 aliphatic carbocycles. The zero-order valence-electron chi connectivity index (χ0n) is 11.3. The Bertz CT molecular complexity index is 728. The molecule has 0 saturated carbocycles. The van der Waals surface area contributed by atoms with E-state index in [2.05, 4.69) is 4.72 Å². The summed E-state index contributed by atoms with van der Waals surface area (Å²) in [5, 5.41) is 0. The summed E-state index contributed by atoms with van der Waals surface area (Å²) in [7, 11) is -2.07. The zero-order valence-corrected chi connectivity index (χ0v) is 12.9. The Morgan fingerprint density at radius 3 is 2.45 bits per heavy atom. The lowest BCUT2D eigenvalue weighted by molar-refractivity contribution is 0.588. The number of rotatable bonds is 4. The fraction of sp³-hybridized carbons (Fsp3) is 0.143. The van der Waals surface area contributed by atoms with E-state index in [1.54, 1.807) is 12.1 Å². The van der Waals surface area contributed by atoms with Crippen molar-refractivity contribution in [3.05, 3.63) is 48.0 Å². The quantitative estimate of drug-likeness (QED) is 0.852. The Morgan fingerprint density at radius 1 is 1.10 bits per heavy atom. The van der Waals surface area contributed by atoms with Gasteiger partial charge in [0.05, 0.1) is 4.90 Å². The lowest BCUT2D eigenvalue weighted by Crippen LogP contribution is -2.18. The first kappa shape index (κ1) is 14.9. The fourth-order valence-electron chi connectivity index (χ4n) is 1.68. The number of benzene rings is 2. The van der Waals surface area contributed by atoms with Crippen LogP contribution in [0, 0.1) is 6.92 Å². The summed E-state index contributed by atoms with van der Waals surface area (Å²) in [4.78, 5) is 2.00. The molecule has 0 aromatic heterocycles. The molecule has 6 heteroatoms. The third kappa shape index (κ3) is 3.15. The van der Waals surface area contributed by atoms with Crippen molar-refractivity contribution in [2.24, 2.45) is 0 Å². The van der Waals surface area contributed by atoms with Gasteiger partial charge in [-0.05, 0) is 43.8 Å². The van der Waals surface area contributed by atoms with Gasteiger partial charge in [-0.1, -0.05) is 30.0 Å². The van der Waals surface area contributed by atoms with Gasteiger partial charge in [-0.2, -0.15) is 0 Å². The maximum atomic E-state index is 11.8. The number of nitrogens with two attached hydrogens (primary N) is 1. The molecular weight excluding hydrogens is 292 g/mol. The Hall–Kier alpha value is -1.50. The first-order valence-corrected chi connectivity index (χ1v) is 8.30. The lowest BCUT2D eigenvalue weighted by atomic mass is 10.2. The molecule has 0 atom stereocenters. The van der Waals surface area contributed by atoms with E-state index in [9.17, 15) is 8.42 Å². The highest BCUT2D eigenvalue weighted by Gasteiger charge is 2.14. The molecule has 0 unspecified atom stereocenters. The highest BCUT2D eigenvalue weighted by atomic mass is 32.2. The van der Waals surface area contributed by atoms with Gasteiger partial charge >= 0.3 is 0 Å². The molecule has 106 valence electrons. The van der Waals surface area contributed by atoms with Gasteiger partial charge in [0.25, 0.3) is 0 Å². The van der Waals surface area contributed by atoms with Crippen molar-refractivity contribution in [2.75, 3.05) is 12.8 Å². The number of aryl methyl sites for hydroxylation is 1. The van der Waals surface area contributed by atoms with Crippen molar-refractivity contribution >= 4 is 27.5 Å². The van der Waals surface area contributed by atoms with E-state index in [1.807, 2.05) is 31.2 Å². The van der Waals surface area contributed by atoms with Gasteiger partial charge < -0.3 is 5.73 Å². The van der Waals surface area contributed by atoms with Crippen molar-refractivity contribution in [3.8, 4) is 0 Å². The molecule has 0 radical (unpaired) electrons. The lowest BCUT2D eigenvalue weighted by Gasteiger charge is -2.10. The molecule has 0 amide bonds. The van der Waals surface area contributed by atoms with Gasteiger partial charge in [-0.3, -0.25) is 0 Å². The third-order valence-electron chi connectivity index (χ3n) is 2.88. The van der Waals surface area contributed by atoms with E-state index in [1.165, 1.54) is 24.9 Å². The standard InChI is InChI=1S/C14H16N2O2S2/c1-10-5-3-4-6-13(10)19-14-9-11(7-8-12(14)15)20(17,18)16-2/h3-9,16H,15H2,1-2H3. The summed E-state index contributed by atoms with van der Waals surface area (Å²) < 4.78 is 25.9. The Balaban J connectivity index is 2.42. The summed E-state index contributed by atoms with van der Waals surface area (Å²) in [5.74, 6) is 0. The molecular formula is C14H16N2O2S2. The van der Waals surface area contributed by atoms with Crippen molar-refractivity contribution < 1.29 is 8.42 Å². The van der Waals surface area contributed by atoms with Crippen LogP contribution in [0.1, 0.15) is 5.56 Å². The van der Waals surface area contributed by atoms with Gasteiger partial charge in [0.15, 0.2) is 0 Å². The molecule has 0 spiro atoms. The average Bonchev–Trinajstić information content (AvgIpc) is 2.43. The van der Waals surface area contributed by atoms with E-state index in [0.29, 0.717) is 5.69 Å². The van der Waals surface area contributed by atoms with Crippen LogP contribution in [0.25, 0.3) is 0 Å². The SMILES string of the molecule is CNS(=O)(=O)c1ccc(N)c(Sc2ccccc2C)c1. The zero-order chi connectivity index (χ0) is 14.8. The second-order valence-corrected chi connectivity index (χ2v) is 7.25. The van der Waals surface area contributed by atoms with Crippen LogP contribution < -0.4 is 10.5 Å². The molecule has 20 heavy (non-hydrogen) atoms. The van der Waals surface area contributed by atoms with Crippen molar-refractivity contribution in [2.45, 2.75) is 21.6 Å². The Kier molecular flexibility index (Phi) is 4.37. The number of anilines is 1. The van der Waals surface area contributed by atoms with E-state index < -0.39 is 10.0 Å². The minimum atomic E-state index is -3.46. The number of hydrogen-bond donors (Lipinski definition) is 2. The molecule has 0 aliphatic heterocycles. The first-order chi connectivity index (χ1) is 9.44. The highest BCUT2D eigenvalue weighted by Crippen LogP contribution is 2.35. The number of nitrogen functional groups attached to an aromatic ring is 1. The average molecular weight is 308 g/mol. The number of nitrogens with one attached hydrogen (secondary N) is 1. The molecule has 3 N–H and O–H groups in total. The highest BCUT2D eigenvalue weighted by molar-refractivity contribution is 7.99. The summed E-state index contributed by atoms with van der Waals surface area (Å²) in [5.41, 5.74) is 7.62. The van der Waals surface area contributed by atoms with Crippen molar-refractivity contribution in [1.29, 1.82) is 0 Å². The van der Waals surface area contributed by atoms with Crippen LogP contribution in [-0.2, 0) is 10.0 Å². The molecule has 0 aliphatic rings. The summed E-state index contributed by atoms with van der Waals surface area (Å²) in [6.45, 7) is 2.01. The predicted octanol–water partition coefficient (Wildman–Crippen LogP) is 2.64. The van der Waals surface area contributed by atoms with Crippen molar-refractivity contribution in [1.82, 2.24) is 4.72 Å². The maximum Gasteiger partial charge on any atom is 0.240 e. The minimum absolute atomic E-state index is 0.213. The van der Waals surface area contributed by atoms with Crippen molar-refractivity contribution in [3.63, 3.8) is 0 Å². The smallest absolute Gasteiger partial charge is 0.240 e. The summed E-state index contributed by atoms with van der Waals surface area (Å²) in [6, 6.07) is 12.6. The number of hydrogen-bond acceptors (Lipinski definition) is 4. The predicted molar refractivity (Wildman–Crippen MR) is 82.4 cm³/mol. The summed E-state index contributed by atoms with van der Waals surface area (Å²) >= 11 is 1.46.